The smallest absolute Gasteiger partial charge is 0.174 e. The van der Waals surface area contributed by atoms with E-state index in [0.717, 1.165) is 22.4 Å². The molecule has 4 nitrogen and oxygen atoms in total. The molecule has 43 heavy (non-hydrogen) atoms. The van der Waals surface area contributed by atoms with Gasteiger partial charge in [-0.1, -0.05) is 152 Å². The number of hydrogen-bond donors (Lipinski definition) is 1. The number of benzene rings is 5. The van der Waals surface area contributed by atoms with Crippen LogP contribution in [-0.2, 0) is 42.2 Å². The van der Waals surface area contributed by atoms with Crippen LogP contribution >= 0.6 is 0 Å². The van der Waals surface area contributed by atoms with Gasteiger partial charge in [0.25, 0.3) is 0 Å². The molecule has 216 valence electrons. The lowest BCUT2D eigenvalue weighted by Gasteiger charge is -2.31. The molecule has 0 amide bonds. The molecule has 5 rings (SSSR count). The van der Waals surface area contributed by atoms with Gasteiger partial charge in [0, 0.05) is 31.3 Å². The first kappa shape index (κ1) is 29.7. The van der Waals surface area contributed by atoms with Gasteiger partial charge in [0.2, 0.25) is 0 Å². The van der Waals surface area contributed by atoms with Gasteiger partial charge in [-0.05, 0) is 34.2 Å². The lowest BCUT2D eigenvalue weighted by Crippen LogP contribution is -2.41. The number of allylic oxidation sites excluding steroid dienone is 1. The van der Waals surface area contributed by atoms with E-state index in [-0.39, 0.29) is 11.8 Å². The van der Waals surface area contributed by atoms with E-state index in [4.69, 9.17) is 4.84 Å². The van der Waals surface area contributed by atoms with E-state index in [1.54, 1.807) is 6.08 Å². The molecule has 0 aliphatic rings. The van der Waals surface area contributed by atoms with Gasteiger partial charge in [-0.2, -0.15) is 0 Å². The van der Waals surface area contributed by atoms with Crippen molar-refractivity contribution in [2.75, 3.05) is 0 Å². The Kier molecular flexibility index (Phi) is 11.1. The predicted octanol–water partition coefficient (Wildman–Crippen LogP) is 7.72. The third-order valence-electron chi connectivity index (χ3n) is 7.34. The summed E-state index contributed by atoms with van der Waals surface area (Å²) in [6.07, 6.45) is 2.89. The summed E-state index contributed by atoms with van der Waals surface area (Å²) in [5, 5.41) is 0. The molecule has 1 atom stereocenters. The summed E-state index contributed by atoms with van der Waals surface area (Å²) in [7, 11) is 0. The average Bonchev–Trinajstić information content (AvgIpc) is 3.06. The molecule has 1 N–H and O–H groups in total. The minimum Gasteiger partial charge on any atom is -0.293 e. The molecule has 0 bridgehead atoms. The summed E-state index contributed by atoms with van der Waals surface area (Å²) < 4.78 is 0. The van der Waals surface area contributed by atoms with E-state index >= 15 is 0 Å². The molecule has 0 aromatic heterocycles. The van der Waals surface area contributed by atoms with Gasteiger partial charge in [0.1, 0.15) is 0 Å². The zero-order chi connectivity index (χ0) is 29.5. The van der Waals surface area contributed by atoms with E-state index < -0.39 is 0 Å². The monoisotopic (exact) mass is 566 g/mol. The van der Waals surface area contributed by atoms with E-state index in [0.29, 0.717) is 32.5 Å². The average molecular weight is 567 g/mol. The van der Waals surface area contributed by atoms with Crippen LogP contribution < -0.4 is 5.48 Å². The third-order valence-corrected chi connectivity index (χ3v) is 7.34. The molecule has 5 aromatic carbocycles. The van der Waals surface area contributed by atoms with Crippen molar-refractivity contribution in [3.8, 4) is 0 Å². The maximum absolute atomic E-state index is 14.4. The maximum atomic E-state index is 14.4. The van der Waals surface area contributed by atoms with Crippen molar-refractivity contribution in [2.45, 2.75) is 38.6 Å². The van der Waals surface area contributed by atoms with Crippen molar-refractivity contribution in [2.24, 2.45) is 0 Å². The lowest BCUT2D eigenvalue weighted by atomic mass is 9.97. The van der Waals surface area contributed by atoms with Gasteiger partial charge in [-0.25, -0.2) is 0 Å². The number of hydroxylamine groups is 1. The number of nitrogens with zero attached hydrogens (tertiary/aromatic N) is 1. The van der Waals surface area contributed by atoms with Crippen LogP contribution in [0.5, 0.6) is 0 Å². The molecule has 4 heteroatoms. The van der Waals surface area contributed by atoms with Crippen LogP contribution in [0.1, 0.15) is 27.8 Å². The SMILES string of the molecule is O=C(C=C(Cc1ccccc1)NOCc1ccccc1)[C@H](Cc1ccccc1)N(Cc1ccccc1)Cc1ccccc1. The quantitative estimate of drug-likeness (QED) is 0.104. The maximum Gasteiger partial charge on any atom is 0.174 e. The molecule has 0 fully saturated rings. The van der Waals surface area contributed by atoms with Crippen molar-refractivity contribution >= 4 is 5.78 Å². The first-order valence-electron chi connectivity index (χ1n) is 14.8. The third kappa shape index (κ3) is 9.64. The number of ketones is 1. The number of hydrogen-bond acceptors (Lipinski definition) is 4. The van der Waals surface area contributed by atoms with Crippen LogP contribution in [0, 0.1) is 0 Å². The van der Waals surface area contributed by atoms with Crippen molar-refractivity contribution in [3.05, 3.63) is 191 Å². The molecule has 0 aliphatic carbocycles. The van der Waals surface area contributed by atoms with Crippen LogP contribution in [0.2, 0.25) is 0 Å². The first-order valence-corrected chi connectivity index (χ1v) is 14.8. The molecule has 0 aliphatic heterocycles. The summed E-state index contributed by atoms with van der Waals surface area (Å²) in [5.41, 5.74) is 9.47. The molecule has 0 heterocycles. The summed E-state index contributed by atoms with van der Waals surface area (Å²) in [6.45, 7) is 1.69. The molecule has 0 saturated heterocycles. The lowest BCUT2D eigenvalue weighted by molar-refractivity contribution is -0.120. The molecule has 0 unspecified atom stereocenters. The molecular weight excluding hydrogens is 528 g/mol. The zero-order valence-electron chi connectivity index (χ0n) is 24.4. The Labute approximate surface area is 255 Å². The second-order valence-electron chi connectivity index (χ2n) is 10.7. The highest BCUT2D eigenvalue weighted by molar-refractivity contribution is 5.95. The van der Waals surface area contributed by atoms with Crippen molar-refractivity contribution in [1.82, 2.24) is 10.4 Å². The van der Waals surface area contributed by atoms with Gasteiger partial charge in [0.05, 0.1) is 12.6 Å². The van der Waals surface area contributed by atoms with Crippen LogP contribution in [0.4, 0.5) is 0 Å². The fourth-order valence-corrected chi connectivity index (χ4v) is 5.15. The van der Waals surface area contributed by atoms with Gasteiger partial charge in [0.15, 0.2) is 5.78 Å². The second-order valence-corrected chi connectivity index (χ2v) is 10.7. The van der Waals surface area contributed by atoms with Gasteiger partial charge in [-0.15, -0.1) is 0 Å². The second kappa shape index (κ2) is 16.0. The standard InChI is InChI=1S/C39H38N2O2/c42-39(28-37(26-32-16-6-1-7-17-32)40-43-31-36-24-14-5-15-25-36)38(27-33-18-8-2-9-19-33)41(29-34-20-10-3-11-21-34)30-35-22-12-4-13-23-35/h1-25,28,38,40H,26-27,29-31H2/t38-/m0/s1. The molecule has 0 radical (unpaired) electrons. The van der Waals surface area contributed by atoms with Crippen LogP contribution in [0.3, 0.4) is 0 Å². The molecule has 5 aromatic rings. The number of carbonyl (C=O) groups excluding carboxylic acids is 1. The number of rotatable bonds is 15. The first-order chi connectivity index (χ1) is 21.2. The topological polar surface area (TPSA) is 41.6 Å². The summed E-state index contributed by atoms with van der Waals surface area (Å²) >= 11 is 0. The Morgan fingerprint density at radius 1 is 0.581 bits per heavy atom. The normalized spacial score (nSPS) is 12.2. The fraction of sp³-hybridized carbons (Fsp3) is 0.154. The highest BCUT2D eigenvalue weighted by Crippen LogP contribution is 2.19. The number of nitrogens with one attached hydrogen (secondary N) is 1. The van der Waals surface area contributed by atoms with E-state index in [1.807, 2.05) is 78.9 Å². The Morgan fingerprint density at radius 3 is 1.49 bits per heavy atom. The largest absolute Gasteiger partial charge is 0.293 e. The van der Waals surface area contributed by atoms with Crippen LogP contribution in [0.25, 0.3) is 0 Å². The minimum absolute atomic E-state index is 0.0393. The Balaban J connectivity index is 1.46. The summed E-state index contributed by atoms with van der Waals surface area (Å²) in [6, 6.07) is 50.8. The molecule has 0 spiro atoms. The van der Waals surface area contributed by atoms with Crippen LogP contribution in [0.15, 0.2) is 163 Å². The van der Waals surface area contributed by atoms with Gasteiger partial charge < -0.3 is 0 Å². The Hall–Kier alpha value is -4.77. The molecule has 0 saturated carbocycles. The van der Waals surface area contributed by atoms with Gasteiger partial charge in [-0.3, -0.25) is 20.0 Å². The van der Waals surface area contributed by atoms with Crippen molar-refractivity contribution < 1.29 is 9.63 Å². The van der Waals surface area contributed by atoms with Crippen molar-refractivity contribution in [3.63, 3.8) is 0 Å². The summed E-state index contributed by atoms with van der Waals surface area (Å²) in [5.74, 6) is 0.0393. The van der Waals surface area contributed by atoms with Crippen molar-refractivity contribution in [1.29, 1.82) is 0 Å². The highest BCUT2D eigenvalue weighted by Gasteiger charge is 2.26. The molecular formula is C39H38N2O2. The van der Waals surface area contributed by atoms with Gasteiger partial charge >= 0.3 is 0 Å². The van der Waals surface area contributed by atoms with E-state index in [9.17, 15) is 4.79 Å². The van der Waals surface area contributed by atoms with E-state index in [2.05, 4.69) is 83.2 Å². The zero-order valence-corrected chi connectivity index (χ0v) is 24.4. The Bertz CT molecular complexity index is 1500. The fourth-order valence-electron chi connectivity index (χ4n) is 5.15. The van der Waals surface area contributed by atoms with Crippen LogP contribution in [-0.4, -0.2) is 16.7 Å². The minimum atomic E-state index is -0.385. The number of carbonyl (C=O) groups is 1. The van der Waals surface area contributed by atoms with E-state index in [1.165, 1.54) is 11.1 Å². The summed E-state index contributed by atoms with van der Waals surface area (Å²) in [4.78, 5) is 22.6. The highest BCUT2D eigenvalue weighted by atomic mass is 16.6. The Morgan fingerprint density at radius 2 is 1.00 bits per heavy atom. The predicted molar refractivity (Wildman–Crippen MR) is 174 cm³/mol.